The van der Waals surface area contributed by atoms with E-state index >= 15 is 0 Å². The number of carbonyl (C=O) groups excluding carboxylic acids is 1. The van der Waals surface area contributed by atoms with Crippen molar-refractivity contribution in [3.8, 4) is 5.75 Å². The van der Waals surface area contributed by atoms with E-state index < -0.39 is 47.2 Å². The molecule has 0 spiro atoms. The number of benzene rings is 1. The third-order valence-corrected chi connectivity index (χ3v) is 6.68. The molecule has 1 N–H and O–H groups in total. The topological polar surface area (TPSA) is 131 Å². The Morgan fingerprint density at radius 1 is 0.460 bits per heavy atom. The number of hydrogen-bond donors (Lipinski definition) is 1. The van der Waals surface area contributed by atoms with Crippen LogP contribution in [-0.4, -0.2) is 151 Å². The largest absolute Gasteiger partial charge is 0.420 e. The van der Waals surface area contributed by atoms with Gasteiger partial charge in [-0.1, -0.05) is 0 Å². The van der Waals surface area contributed by atoms with Crippen molar-refractivity contribution in [2.24, 2.45) is 0 Å². The Morgan fingerprint density at radius 2 is 0.760 bits per heavy atom. The lowest BCUT2D eigenvalue weighted by atomic mass is 10.1. The molecule has 18 heteroatoms. The summed E-state index contributed by atoms with van der Waals surface area (Å²) in [5, 5.41) is 3.31. The molecule has 290 valence electrons. The molecule has 0 saturated carbocycles. The van der Waals surface area contributed by atoms with E-state index in [1.54, 1.807) is 0 Å². The van der Waals surface area contributed by atoms with Crippen LogP contribution in [0.2, 0.25) is 0 Å². The molecule has 0 amide bonds. The molecule has 50 heavy (non-hydrogen) atoms. The summed E-state index contributed by atoms with van der Waals surface area (Å²) in [6.07, 6.45) is 1.97. The summed E-state index contributed by atoms with van der Waals surface area (Å²) in [5.74, 6) is -14.1. The van der Waals surface area contributed by atoms with Crippen LogP contribution < -0.4 is 10.1 Å². The van der Waals surface area contributed by atoms with Gasteiger partial charge in [-0.2, -0.15) is 8.78 Å². The van der Waals surface area contributed by atoms with Crippen LogP contribution in [0.5, 0.6) is 5.75 Å². The molecule has 1 aromatic rings. The van der Waals surface area contributed by atoms with E-state index in [4.69, 9.17) is 47.4 Å². The number of rotatable bonds is 32. The van der Waals surface area contributed by atoms with Crippen molar-refractivity contribution >= 4 is 5.97 Å². The fourth-order valence-electron chi connectivity index (χ4n) is 4.09. The minimum Gasteiger partial charge on any atom is -0.420 e. The Labute approximate surface area is 289 Å². The summed E-state index contributed by atoms with van der Waals surface area (Å²) in [7, 11) is 0. The van der Waals surface area contributed by atoms with Crippen LogP contribution in [0.15, 0.2) is 0 Å². The number of nitrogens with one attached hydrogen (secondary N) is 1. The summed E-state index contributed by atoms with van der Waals surface area (Å²) in [6, 6.07) is 0. The van der Waals surface area contributed by atoms with Gasteiger partial charge < -0.3 is 57.4 Å². The summed E-state index contributed by atoms with van der Waals surface area (Å²) in [4.78, 5) is 11.6. The maximum atomic E-state index is 13.5. The Hall–Kier alpha value is -2.10. The lowest BCUT2D eigenvalue weighted by molar-refractivity contribution is -0.136. The summed E-state index contributed by atoms with van der Waals surface area (Å²) >= 11 is 0. The van der Waals surface area contributed by atoms with Gasteiger partial charge in [0, 0.05) is 0 Å². The summed E-state index contributed by atoms with van der Waals surface area (Å²) < 4.78 is 125. The lowest BCUT2D eigenvalue weighted by Gasteiger charge is -2.22. The molecule has 1 fully saturated rings. The average molecular weight is 736 g/mol. The standard InChI is InChI=1S/C32H50F5NO12/c33-27-28(34)30(36)32(31(37)29(27)35)50-26(39)3-6-40-7-8-41-9-10-42-11-12-43-13-14-44-15-16-45-17-18-46-19-20-47-21-22-48-23-24-49-25-1-4-38-5-2-25/h25,38H,1-24H2. The fraction of sp³-hybridized carbons (Fsp3) is 0.781. The minimum absolute atomic E-state index is 0.0834. The highest BCUT2D eigenvalue weighted by atomic mass is 19.2. The van der Waals surface area contributed by atoms with Crippen molar-refractivity contribution in [2.75, 3.05) is 139 Å². The highest BCUT2D eigenvalue weighted by Gasteiger charge is 2.28. The number of ether oxygens (including phenoxy) is 11. The van der Waals surface area contributed by atoms with Crippen LogP contribution in [0, 0.1) is 29.1 Å². The van der Waals surface area contributed by atoms with Gasteiger partial charge in [-0.15, -0.1) is 0 Å². The van der Waals surface area contributed by atoms with E-state index in [-0.39, 0.29) is 26.4 Å². The van der Waals surface area contributed by atoms with Gasteiger partial charge in [0.1, 0.15) is 0 Å². The highest BCUT2D eigenvalue weighted by molar-refractivity contribution is 5.72. The zero-order valence-corrected chi connectivity index (χ0v) is 28.3. The van der Waals surface area contributed by atoms with E-state index in [1.807, 2.05) is 0 Å². The maximum absolute atomic E-state index is 13.5. The molecule has 1 aromatic carbocycles. The Balaban J connectivity index is 1.21. The highest BCUT2D eigenvalue weighted by Crippen LogP contribution is 2.29. The van der Waals surface area contributed by atoms with Crippen molar-refractivity contribution < 1.29 is 78.9 Å². The molecule has 0 aromatic heterocycles. The monoisotopic (exact) mass is 735 g/mol. The van der Waals surface area contributed by atoms with Crippen molar-refractivity contribution in [2.45, 2.75) is 25.4 Å². The SMILES string of the molecule is O=C(CCOCCOCCOCCOCCOCCOCCOCCOCCOCCOC1CCNCC1)Oc1c(F)c(F)c(F)c(F)c1F. The van der Waals surface area contributed by atoms with Crippen LogP contribution in [-0.2, 0) is 52.2 Å². The van der Waals surface area contributed by atoms with Crippen molar-refractivity contribution in [3.05, 3.63) is 29.1 Å². The van der Waals surface area contributed by atoms with Gasteiger partial charge in [-0.05, 0) is 25.9 Å². The molecule has 1 heterocycles. The maximum Gasteiger partial charge on any atom is 0.313 e. The smallest absolute Gasteiger partial charge is 0.313 e. The van der Waals surface area contributed by atoms with Crippen LogP contribution in [0.1, 0.15) is 19.3 Å². The van der Waals surface area contributed by atoms with Gasteiger partial charge in [0.05, 0.1) is 138 Å². The zero-order valence-electron chi connectivity index (χ0n) is 28.3. The van der Waals surface area contributed by atoms with E-state index in [2.05, 4.69) is 10.1 Å². The van der Waals surface area contributed by atoms with E-state index in [9.17, 15) is 26.7 Å². The number of hydrogen-bond acceptors (Lipinski definition) is 13. The van der Waals surface area contributed by atoms with Gasteiger partial charge in [0.2, 0.25) is 34.8 Å². The number of halogens is 5. The number of piperidine rings is 1. The molecule has 0 unspecified atom stereocenters. The predicted octanol–water partition coefficient (Wildman–Crippen LogP) is 2.60. The average Bonchev–Trinajstić information content (AvgIpc) is 3.13. The first kappa shape index (κ1) is 44.1. The summed E-state index contributed by atoms with van der Waals surface area (Å²) in [6.45, 7) is 9.26. The molecule has 1 aliphatic rings. The first-order chi connectivity index (χ1) is 24.4. The normalized spacial score (nSPS) is 13.7. The minimum atomic E-state index is -2.35. The molecule has 0 bridgehead atoms. The van der Waals surface area contributed by atoms with Crippen LogP contribution >= 0.6 is 0 Å². The lowest BCUT2D eigenvalue weighted by Crippen LogP contribution is -2.33. The molecule has 0 atom stereocenters. The van der Waals surface area contributed by atoms with Crippen LogP contribution in [0.25, 0.3) is 0 Å². The second-order valence-corrected chi connectivity index (χ2v) is 10.5. The predicted molar refractivity (Wildman–Crippen MR) is 166 cm³/mol. The molecule has 0 aliphatic carbocycles. The van der Waals surface area contributed by atoms with Gasteiger partial charge >= 0.3 is 5.97 Å². The molecular formula is C32H50F5NO12. The van der Waals surface area contributed by atoms with Gasteiger partial charge in [-0.25, -0.2) is 13.2 Å². The van der Waals surface area contributed by atoms with Crippen LogP contribution in [0.4, 0.5) is 22.0 Å². The quantitative estimate of drug-likeness (QED) is 0.0291. The van der Waals surface area contributed by atoms with Gasteiger partial charge in [0.15, 0.2) is 0 Å². The zero-order chi connectivity index (χ0) is 36.1. The van der Waals surface area contributed by atoms with E-state index in [0.717, 1.165) is 25.9 Å². The van der Waals surface area contributed by atoms with E-state index in [0.29, 0.717) is 105 Å². The van der Waals surface area contributed by atoms with Gasteiger partial charge in [0.25, 0.3) is 0 Å². The first-order valence-corrected chi connectivity index (χ1v) is 16.7. The van der Waals surface area contributed by atoms with Crippen molar-refractivity contribution in [3.63, 3.8) is 0 Å². The van der Waals surface area contributed by atoms with Crippen LogP contribution in [0.3, 0.4) is 0 Å². The third-order valence-electron chi connectivity index (χ3n) is 6.68. The summed E-state index contributed by atoms with van der Waals surface area (Å²) in [5.41, 5.74) is 0. The molecular weight excluding hydrogens is 685 g/mol. The Bertz CT molecular complexity index is 997. The number of esters is 1. The molecule has 0 radical (unpaired) electrons. The Morgan fingerprint density at radius 3 is 1.12 bits per heavy atom. The van der Waals surface area contributed by atoms with Crippen molar-refractivity contribution in [1.82, 2.24) is 5.32 Å². The second-order valence-electron chi connectivity index (χ2n) is 10.5. The van der Waals surface area contributed by atoms with Crippen molar-refractivity contribution in [1.29, 1.82) is 0 Å². The molecule has 2 rings (SSSR count). The number of carbonyl (C=O) groups is 1. The molecule has 1 aliphatic heterocycles. The molecule has 1 saturated heterocycles. The molecule has 13 nitrogen and oxygen atoms in total. The first-order valence-electron chi connectivity index (χ1n) is 16.7. The van der Waals surface area contributed by atoms with Gasteiger partial charge in [-0.3, -0.25) is 4.79 Å². The Kier molecular flexibility index (Phi) is 26.0. The fourth-order valence-corrected chi connectivity index (χ4v) is 4.09. The van der Waals surface area contributed by atoms with E-state index in [1.165, 1.54) is 0 Å². The second kappa shape index (κ2) is 29.5. The third kappa shape index (κ3) is 20.7.